The maximum atomic E-state index is 10.8. The van der Waals surface area contributed by atoms with Gasteiger partial charge in [-0.2, -0.15) is 10.4 Å². The van der Waals surface area contributed by atoms with Gasteiger partial charge in [-0.1, -0.05) is 31.5 Å². The van der Waals surface area contributed by atoms with E-state index in [2.05, 4.69) is 17.5 Å². The first-order valence-corrected chi connectivity index (χ1v) is 5.30. The summed E-state index contributed by atoms with van der Waals surface area (Å²) in [6, 6.07) is 9.23. The number of anilines is 1. The predicted octanol–water partition coefficient (Wildman–Crippen LogP) is 1.42. The molecule has 5 nitrogen and oxygen atoms in total. The van der Waals surface area contributed by atoms with Crippen molar-refractivity contribution in [3.8, 4) is 6.07 Å². The second-order valence-electron chi connectivity index (χ2n) is 3.46. The number of rotatable bonds is 5. The van der Waals surface area contributed by atoms with Crippen LogP contribution in [0.25, 0.3) is 0 Å². The zero-order valence-electron chi connectivity index (χ0n) is 9.60. The number of nitrogens with two attached hydrogens (primary N) is 1. The third-order valence-electron chi connectivity index (χ3n) is 2.16. The number of amides is 1. The zero-order chi connectivity index (χ0) is 12.7. The number of hydrazone groups is 1. The number of nitriles is 1. The largest absolute Gasteiger partial charge is 0.364 e. The quantitative estimate of drug-likeness (QED) is 0.591. The number of nitrogens with zero attached hydrogens (tertiary/aromatic N) is 2. The average molecular weight is 230 g/mol. The molecule has 0 saturated heterocycles. The highest BCUT2D eigenvalue weighted by Crippen LogP contribution is 2.16. The Morgan fingerprint density at radius 3 is 2.82 bits per heavy atom. The molecule has 1 aromatic rings. The molecular weight excluding hydrogens is 216 g/mol. The van der Waals surface area contributed by atoms with E-state index in [-0.39, 0.29) is 5.71 Å². The minimum atomic E-state index is -0.840. The van der Waals surface area contributed by atoms with Gasteiger partial charge in [-0.3, -0.25) is 10.2 Å². The van der Waals surface area contributed by atoms with Gasteiger partial charge < -0.3 is 5.73 Å². The molecule has 0 fully saturated rings. The molecule has 0 heterocycles. The Morgan fingerprint density at radius 2 is 2.24 bits per heavy atom. The zero-order valence-corrected chi connectivity index (χ0v) is 9.60. The summed E-state index contributed by atoms with van der Waals surface area (Å²) in [5.41, 5.74) is 9.20. The summed E-state index contributed by atoms with van der Waals surface area (Å²) in [5, 5.41) is 12.3. The van der Waals surface area contributed by atoms with Gasteiger partial charge in [0.1, 0.15) is 6.07 Å². The van der Waals surface area contributed by atoms with Crippen LogP contribution in [-0.4, -0.2) is 11.6 Å². The number of para-hydroxylation sites is 1. The average Bonchev–Trinajstić information content (AvgIpc) is 2.32. The van der Waals surface area contributed by atoms with E-state index >= 15 is 0 Å². The molecule has 1 aromatic carbocycles. The van der Waals surface area contributed by atoms with Crippen molar-refractivity contribution in [2.45, 2.75) is 19.8 Å². The Bertz CT molecular complexity index is 474. The number of primary amides is 1. The first-order chi connectivity index (χ1) is 8.19. The molecule has 0 aliphatic carbocycles. The Morgan fingerprint density at radius 1 is 1.53 bits per heavy atom. The van der Waals surface area contributed by atoms with E-state index in [0.717, 1.165) is 24.1 Å². The maximum absolute atomic E-state index is 10.8. The number of nitrogens with one attached hydrogen (secondary N) is 1. The monoisotopic (exact) mass is 230 g/mol. The fraction of sp³-hybridized carbons (Fsp3) is 0.250. The Balaban J connectivity index is 2.89. The maximum Gasteiger partial charge on any atom is 0.280 e. The third kappa shape index (κ3) is 3.61. The van der Waals surface area contributed by atoms with Crippen LogP contribution in [0, 0.1) is 11.3 Å². The molecule has 1 rings (SSSR count). The normalized spacial score (nSPS) is 10.7. The first-order valence-electron chi connectivity index (χ1n) is 5.30. The lowest BCUT2D eigenvalue weighted by atomic mass is 10.1. The summed E-state index contributed by atoms with van der Waals surface area (Å²) >= 11 is 0. The lowest BCUT2D eigenvalue weighted by molar-refractivity contribution is -0.111. The van der Waals surface area contributed by atoms with Crippen LogP contribution in [0.3, 0.4) is 0 Å². The van der Waals surface area contributed by atoms with Gasteiger partial charge in [-0.25, -0.2) is 0 Å². The summed E-state index contributed by atoms with van der Waals surface area (Å²) in [6.45, 7) is 2.07. The van der Waals surface area contributed by atoms with Crippen molar-refractivity contribution in [1.29, 1.82) is 5.26 Å². The van der Waals surface area contributed by atoms with Gasteiger partial charge in [0.05, 0.1) is 5.69 Å². The second-order valence-corrected chi connectivity index (χ2v) is 3.46. The molecule has 0 spiro atoms. The topological polar surface area (TPSA) is 91.3 Å². The third-order valence-corrected chi connectivity index (χ3v) is 2.16. The van der Waals surface area contributed by atoms with Gasteiger partial charge in [0, 0.05) is 0 Å². The SMILES string of the molecule is CCCc1ccccc1N/N=C(/C#N)C(N)=O. The van der Waals surface area contributed by atoms with Gasteiger partial charge in [0.25, 0.3) is 5.91 Å². The second kappa shape index (κ2) is 6.28. The van der Waals surface area contributed by atoms with Crippen LogP contribution in [0.4, 0.5) is 5.69 Å². The van der Waals surface area contributed by atoms with E-state index in [1.54, 1.807) is 6.07 Å². The molecule has 3 N–H and O–H groups in total. The molecule has 0 aliphatic heterocycles. The van der Waals surface area contributed by atoms with Crippen molar-refractivity contribution < 1.29 is 4.79 Å². The van der Waals surface area contributed by atoms with Gasteiger partial charge >= 0.3 is 0 Å². The van der Waals surface area contributed by atoms with Crippen LogP contribution in [0.5, 0.6) is 0 Å². The Labute approximate surface area is 99.9 Å². The van der Waals surface area contributed by atoms with Crippen LogP contribution < -0.4 is 11.2 Å². The molecular formula is C12H14N4O. The van der Waals surface area contributed by atoms with Crippen molar-refractivity contribution in [2.75, 3.05) is 5.43 Å². The van der Waals surface area contributed by atoms with Crippen LogP contribution in [0.15, 0.2) is 29.4 Å². The van der Waals surface area contributed by atoms with E-state index in [0.29, 0.717) is 0 Å². The lowest BCUT2D eigenvalue weighted by Crippen LogP contribution is -2.22. The molecule has 0 aromatic heterocycles. The van der Waals surface area contributed by atoms with Crippen molar-refractivity contribution in [3.63, 3.8) is 0 Å². The summed E-state index contributed by atoms with van der Waals surface area (Å²) < 4.78 is 0. The number of carbonyl (C=O) groups is 1. The molecule has 0 bridgehead atoms. The van der Waals surface area contributed by atoms with Gasteiger partial charge in [0.15, 0.2) is 0 Å². The molecule has 1 amide bonds. The smallest absolute Gasteiger partial charge is 0.280 e. The van der Waals surface area contributed by atoms with E-state index in [1.165, 1.54) is 0 Å². The molecule has 0 unspecified atom stereocenters. The molecule has 0 atom stereocenters. The molecule has 88 valence electrons. The Hall–Kier alpha value is -2.35. The number of hydrogen-bond acceptors (Lipinski definition) is 4. The van der Waals surface area contributed by atoms with Crippen molar-refractivity contribution in [1.82, 2.24) is 0 Å². The van der Waals surface area contributed by atoms with Crippen LogP contribution in [0.1, 0.15) is 18.9 Å². The highest BCUT2D eigenvalue weighted by molar-refractivity contribution is 6.44. The molecule has 0 saturated carbocycles. The lowest BCUT2D eigenvalue weighted by Gasteiger charge is -2.07. The van der Waals surface area contributed by atoms with Crippen molar-refractivity contribution >= 4 is 17.3 Å². The fourth-order valence-corrected chi connectivity index (χ4v) is 1.37. The van der Waals surface area contributed by atoms with E-state index in [1.807, 2.05) is 24.3 Å². The predicted molar refractivity (Wildman–Crippen MR) is 66.3 cm³/mol. The number of benzene rings is 1. The van der Waals surface area contributed by atoms with Crippen LogP contribution in [0.2, 0.25) is 0 Å². The van der Waals surface area contributed by atoms with Crippen molar-refractivity contribution in [3.05, 3.63) is 29.8 Å². The summed E-state index contributed by atoms with van der Waals surface area (Å²) in [7, 11) is 0. The van der Waals surface area contributed by atoms with Crippen LogP contribution >= 0.6 is 0 Å². The van der Waals surface area contributed by atoms with Crippen LogP contribution in [-0.2, 0) is 11.2 Å². The highest BCUT2D eigenvalue weighted by Gasteiger charge is 2.05. The van der Waals surface area contributed by atoms with Gasteiger partial charge in [-0.15, -0.1) is 0 Å². The highest BCUT2D eigenvalue weighted by atomic mass is 16.1. The molecule has 0 aliphatic rings. The van der Waals surface area contributed by atoms with Gasteiger partial charge in [0.2, 0.25) is 5.71 Å². The number of aryl methyl sites for hydroxylation is 1. The van der Waals surface area contributed by atoms with Crippen molar-refractivity contribution in [2.24, 2.45) is 10.8 Å². The first kappa shape index (κ1) is 12.7. The molecule has 0 radical (unpaired) electrons. The number of hydrogen-bond donors (Lipinski definition) is 2. The van der Waals surface area contributed by atoms with E-state index in [4.69, 9.17) is 11.0 Å². The van der Waals surface area contributed by atoms with E-state index in [9.17, 15) is 4.79 Å². The minimum Gasteiger partial charge on any atom is -0.364 e. The standard InChI is InChI=1S/C12H14N4O/c1-2-5-9-6-3-4-7-10(9)15-16-11(8-13)12(14)17/h3-4,6-7,15H,2,5H2,1H3,(H2,14,17)/b16-11-. The summed E-state index contributed by atoms with van der Waals surface area (Å²) in [5.74, 6) is -0.840. The summed E-state index contributed by atoms with van der Waals surface area (Å²) in [6.07, 6.45) is 1.90. The Kier molecular flexibility index (Phi) is 4.70. The molecule has 17 heavy (non-hydrogen) atoms. The van der Waals surface area contributed by atoms with Gasteiger partial charge in [-0.05, 0) is 18.1 Å². The minimum absolute atomic E-state index is 0.337. The van der Waals surface area contributed by atoms with E-state index < -0.39 is 5.91 Å². The summed E-state index contributed by atoms with van der Waals surface area (Å²) in [4.78, 5) is 10.8. The number of carbonyl (C=O) groups excluding carboxylic acids is 1. The molecule has 5 heteroatoms. The fourth-order valence-electron chi connectivity index (χ4n) is 1.37.